The summed E-state index contributed by atoms with van der Waals surface area (Å²) in [6.07, 6.45) is 4.24. The number of hydrogen-bond donors (Lipinski definition) is 1. The summed E-state index contributed by atoms with van der Waals surface area (Å²) in [5, 5.41) is 10.9. The molecule has 1 fully saturated rings. The predicted molar refractivity (Wildman–Crippen MR) is 124 cm³/mol. The maximum atomic E-state index is 10.9. The largest absolute Gasteiger partial charge is 0.497 e. The summed E-state index contributed by atoms with van der Waals surface area (Å²) in [5.41, 5.74) is 3.06. The number of rotatable bonds is 7. The van der Waals surface area contributed by atoms with E-state index in [1.165, 1.54) is 25.7 Å². The lowest BCUT2D eigenvalue weighted by molar-refractivity contribution is 0.0914. The van der Waals surface area contributed by atoms with Crippen molar-refractivity contribution in [3.05, 3.63) is 53.9 Å². The zero-order chi connectivity index (χ0) is 22.0. The highest BCUT2D eigenvalue weighted by Gasteiger charge is 2.25. The van der Waals surface area contributed by atoms with Gasteiger partial charge in [0, 0.05) is 11.5 Å². The summed E-state index contributed by atoms with van der Waals surface area (Å²) in [6.45, 7) is 7.16. The average Bonchev–Trinajstić information content (AvgIpc) is 3.40. The second kappa shape index (κ2) is 8.91. The Morgan fingerprint density at radius 3 is 2.58 bits per heavy atom. The van der Waals surface area contributed by atoms with Gasteiger partial charge in [0.1, 0.15) is 30.0 Å². The molecule has 1 aromatic heterocycles. The monoisotopic (exact) mass is 422 g/mol. The van der Waals surface area contributed by atoms with E-state index >= 15 is 0 Å². The van der Waals surface area contributed by atoms with Crippen LogP contribution in [0.4, 0.5) is 0 Å². The van der Waals surface area contributed by atoms with Crippen LogP contribution in [0, 0.1) is 0 Å². The minimum Gasteiger partial charge on any atom is -0.497 e. The molecular weight excluding hydrogens is 388 g/mol. The fourth-order valence-corrected chi connectivity index (χ4v) is 4.58. The third kappa shape index (κ3) is 4.72. The number of ether oxygens (including phenoxy) is 2. The van der Waals surface area contributed by atoms with E-state index in [1.807, 2.05) is 30.3 Å². The van der Waals surface area contributed by atoms with E-state index in [1.54, 1.807) is 7.11 Å². The Hall–Kier alpha value is -2.53. The van der Waals surface area contributed by atoms with Crippen LogP contribution in [-0.2, 0) is 12.0 Å². The van der Waals surface area contributed by atoms with Crippen LogP contribution < -0.4 is 9.47 Å². The zero-order valence-corrected chi connectivity index (χ0v) is 19.1. The lowest BCUT2D eigenvalue weighted by Crippen LogP contribution is -2.26. The lowest BCUT2D eigenvalue weighted by atomic mass is 9.86. The van der Waals surface area contributed by atoms with E-state index in [-0.39, 0.29) is 12.0 Å². The molecule has 4 rings (SSSR count). The molecular formula is C26H34N2O3. The number of methoxy groups -OCH3 is 1. The summed E-state index contributed by atoms with van der Waals surface area (Å²) in [7, 11) is 1.67. The Labute approximate surface area is 185 Å². The van der Waals surface area contributed by atoms with Crippen molar-refractivity contribution in [1.29, 1.82) is 0 Å². The van der Waals surface area contributed by atoms with Gasteiger partial charge in [-0.25, -0.2) is 4.98 Å². The van der Waals surface area contributed by atoms with Crippen molar-refractivity contribution in [2.75, 3.05) is 13.7 Å². The second-order valence-corrected chi connectivity index (χ2v) is 9.63. The molecule has 1 aliphatic carbocycles. The van der Waals surface area contributed by atoms with Crippen LogP contribution in [0.1, 0.15) is 63.8 Å². The number of para-hydroxylation sites is 2. The molecule has 2 aromatic carbocycles. The van der Waals surface area contributed by atoms with Crippen molar-refractivity contribution >= 4 is 11.0 Å². The number of fused-ring (bicyclic) bond motifs is 1. The Bertz CT molecular complexity index is 1030. The number of aliphatic hydroxyl groups is 1. The van der Waals surface area contributed by atoms with Crippen molar-refractivity contribution in [1.82, 2.24) is 9.55 Å². The number of imidazole rings is 1. The fraction of sp³-hybridized carbons (Fsp3) is 0.500. The molecule has 1 aliphatic rings. The number of aromatic nitrogens is 2. The summed E-state index contributed by atoms with van der Waals surface area (Å²) < 4.78 is 13.7. The van der Waals surface area contributed by atoms with E-state index in [2.05, 4.69) is 37.5 Å². The predicted octanol–water partition coefficient (Wildman–Crippen LogP) is 5.44. The number of benzene rings is 2. The van der Waals surface area contributed by atoms with E-state index in [4.69, 9.17) is 14.5 Å². The maximum Gasteiger partial charge on any atom is 0.123 e. The zero-order valence-electron chi connectivity index (χ0n) is 19.1. The second-order valence-electron chi connectivity index (χ2n) is 9.63. The van der Waals surface area contributed by atoms with Gasteiger partial charge in [-0.15, -0.1) is 0 Å². The van der Waals surface area contributed by atoms with Crippen LogP contribution in [0.5, 0.6) is 11.5 Å². The van der Waals surface area contributed by atoms with Crippen LogP contribution in [0.3, 0.4) is 0 Å². The van der Waals surface area contributed by atoms with Crippen LogP contribution in [-0.4, -0.2) is 34.5 Å². The topological polar surface area (TPSA) is 56.5 Å². The molecule has 5 nitrogen and oxygen atoms in total. The van der Waals surface area contributed by atoms with Gasteiger partial charge in [-0.1, -0.05) is 45.7 Å². The molecule has 31 heavy (non-hydrogen) atoms. The molecule has 1 unspecified atom stereocenters. The fourth-order valence-electron chi connectivity index (χ4n) is 4.58. The smallest absolute Gasteiger partial charge is 0.123 e. The van der Waals surface area contributed by atoms with Crippen LogP contribution in [0.2, 0.25) is 0 Å². The van der Waals surface area contributed by atoms with E-state index < -0.39 is 6.10 Å². The lowest BCUT2D eigenvalue weighted by Gasteiger charge is -2.24. The van der Waals surface area contributed by atoms with Crippen LogP contribution in [0.15, 0.2) is 42.5 Å². The Kier molecular flexibility index (Phi) is 6.24. The highest BCUT2D eigenvalue weighted by molar-refractivity contribution is 5.76. The SMILES string of the molecule is COc1ccc(OCC(O)Cn2c(C3CCCC3)nc3ccccc32)c(C(C)(C)C)c1. The van der Waals surface area contributed by atoms with Crippen molar-refractivity contribution in [3.8, 4) is 11.5 Å². The molecule has 5 heteroatoms. The van der Waals surface area contributed by atoms with E-state index in [0.717, 1.165) is 33.9 Å². The van der Waals surface area contributed by atoms with Gasteiger partial charge in [0.25, 0.3) is 0 Å². The summed E-state index contributed by atoms with van der Waals surface area (Å²) in [4.78, 5) is 4.93. The summed E-state index contributed by atoms with van der Waals surface area (Å²) in [6, 6.07) is 14.1. The number of nitrogens with zero attached hydrogens (tertiary/aromatic N) is 2. The average molecular weight is 423 g/mol. The molecule has 0 bridgehead atoms. The number of hydrogen-bond acceptors (Lipinski definition) is 4. The Morgan fingerprint density at radius 2 is 1.87 bits per heavy atom. The molecule has 0 radical (unpaired) electrons. The first kappa shape index (κ1) is 21.7. The van der Waals surface area contributed by atoms with Gasteiger partial charge in [-0.2, -0.15) is 0 Å². The summed E-state index contributed by atoms with van der Waals surface area (Å²) in [5.74, 6) is 3.19. The molecule has 1 heterocycles. The third-order valence-electron chi connectivity index (χ3n) is 6.22. The molecule has 3 aromatic rings. The van der Waals surface area contributed by atoms with Gasteiger partial charge >= 0.3 is 0 Å². The van der Waals surface area contributed by atoms with Gasteiger partial charge in [-0.05, 0) is 48.6 Å². The first-order chi connectivity index (χ1) is 14.9. The molecule has 166 valence electrons. The quantitative estimate of drug-likeness (QED) is 0.551. The minimum absolute atomic E-state index is 0.0922. The highest BCUT2D eigenvalue weighted by atomic mass is 16.5. The van der Waals surface area contributed by atoms with Crippen molar-refractivity contribution in [2.45, 2.75) is 70.4 Å². The third-order valence-corrected chi connectivity index (χ3v) is 6.22. The van der Waals surface area contributed by atoms with Crippen molar-refractivity contribution < 1.29 is 14.6 Å². The van der Waals surface area contributed by atoms with Crippen LogP contribution in [0.25, 0.3) is 11.0 Å². The molecule has 1 atom stereocenters. The first-order valence-electron chi connectivity index (χ1n) is 11.3. The van der Waals surface area contributed by atoms with Crippen LogP contribution >= 0.6 is 0 Å². The maximum absolute atomic E-state index is 10.9. The molecule has 0 aliphatic heterocycles. The van der Waals surface area contributed by atoms with Crippen molar-refractivity contribution in [2.24, 2.45) is 0 Å². The first-order valence-corrected chi connectivity index (χ1v) is 11.3. The normalized spacial score (nSPS) is 16.0. The molecule has 0 saturated heterocycles. The number of aliphatic hydroxyl groups excluding tert-OH is 1. The molecule has 0 amide bonds. The highest BCUT2D eigenvalue weighted by Crippen LogP contribution is 2.36. The summed E-state index contributed by atoms with van der Waals surface area (Å²) >= 11 is 0. The van der Waals surface area contributed by atoms with E-state index in [9.17, 15) is 5.11 Å². The standard InChI is InChI=1S/C26H34N2O3/c1-26(2,3)21-15-20(30-4)13-14-24(21)31-17-19(29)16-28-23-12-8-7-11-22(23)27-25(28)18-9-5-6-10-18/h7-8,11-15,18-19,29H,5-6,9-10,16-17H2,1-4H3. The Morgan fingerprint density at radius 1 is 1.13 bits per heavy atom. The molecule has 0 spiro atoms. The Balaban J connectivity index is 1.53. The van der Waals surface area contributed by atoms with Gasteiger partial charge in [0.2, 0.25) is 0 Å². The molecule has 1 saturated carbocycles. The van der Waals surface area contributed by atoms with Gasteiger partial charge in [0.15, 0.2) is 0 Å². The molecule has 1 N–H and O–H groups in total. The van der Waals surface area contributed by atoms with Gasteiger partial charge in [-0.3, -0.25) is 0 Å². The van der Waals surface area contributed by atoms with E-state index in [0.29, 0.717) is 12.5 Å². The van der Waals surface area contributed by atoms with Crippen molar-refractivity contribution in [3.63, 3.8) is 0 Å². The minimum atomic E-state index is -0.632. The van der Waals surface area contributed by atoms with Gasteiger partial charge < -0.3 is 19.1 Å². The van der Waals surface area contributed by atoms with Gasteiger partial charge in [0.05, 0.1) is 24.7 Å².